The molecular formula is C15H15F2NO2. The molecule has 0 saturated carbocycles. The van der Waals surface area contributed by atoms with E-state index < -0.39 is 17.7 Å². The molecule has 0 radical (unpaired) electrons. The van der Waals surface area contributed by atoms with Gasteiger partial charge in [0.05, 0.1) is 0 Å². The van der Waals surface area contributed by atoms with Crippen LogP contribution >= 0.6 is 0 Å². The van der Waals surface area contributed by atoms with Crippen molar-refractivity contribution in [1.29, 1.82) is 0 Å². The Hall–Kier alpha value is -2.04. The molecule has 3 nitrogen and oxygen atoms in total. The van der Waals surface area contributed by atoms with Gasteiger partial charge in [-0.15, -0.1) is 0 Å². The number of hydrogen-bond donors (Lipinski definition) is 0. The number of halogens is 2. The largest absolute Gasteiger partial charge is 0.272 e. The molecule has 1 aliphatic rings. The Morgan fingerprint density at radius 1 is 1.10 bits per heavy atom. The summed E-state index contributed by atoms with van der Waals surface area (Å²) in [5.74, 6) is -2.01. The molecule has 0 fully saturated rings. The van der Waals surface area contributed by atoms with E-state index in [1.54, 1.807) is 20.8 Å². The fourth-order valence-electron chi connectivity index (χ4n) is 2.27. The van der Waals surface area contributed by atoms with E-state index in [9.17, 15) is 18.4 Å². The van der Waals surface area contributed by atoms with Crippen LogP contribution in [0.3, 0.4) is 0 Å². The Morgan fingerprint density at radius 3 is 2.15 bits per heavy atom. The van der Waals surface area contributed by atoms with Crippen LogP contribution in [0.4, 0.5) is 8.78 Å². The third kappa shape index (κ3) is 2.35. The zero-order valence-corrected chi connectivity index (χ0v) is 11.5. The van der Waals surface area contributed by atoms with Crippen LogP contribution in [0.25, 0.3) is 0 Å². The van der Waals surface area contributed by atoms with Crippen molar-refractivity contribution in [2.24, 2.45) is 0 Å². The Morgan fingerprint density at radius 2 is 1.65 bits per heavy atom. The molecule has 0 aliphatic carbocycles. The smallest absolute Gasteiger partial charge is 0.257 e. The SMILES string of the molecule is CC1=C(C)C(=O)N(C(C)Cc2ccc(F)cc2F)C1=O. The summed E-state index contributed by atoms with van der Waals surface area (Å²) < 4.78 is 26.5. The molecule has 20 heavy (non-hydrogen) atoms. The van der Waals surface area contributed by atoms with E-state index in [-0.39, 0.29) is 23.8 Å². The lowest BCUT2D eigenvalue weighted by Crippen LogP contribution is -2.40. The van der Waals surface area contributed by atoms with Crippen LogP contribution in [0.15, 0.2) is 29.3 Å². The Kier molecular flexibility index (Phi) is 3.70. The lowest BCUT2D eigenvalue weighted by atomic mass is 10.1. The molecule has 5 heteroatoms. The van der Waals surface area contributed by atoms with E-state index >= 15 is 0 Å². The normalized spacial score (nSPS) is 17.1. The third-order valence-electron chi connectivity index (χ3n) is 3.61. The first-order valence-electron chi connectivity index (χ1n) is 6.32. The van der Waals surface area contributed by atoms with Gasteiger partial charge in [0, 0.05) is 23.3 Å². The summed E-state index contributed by atoms with van der Waals surface area (Å²) in [4.78, 5) is 25.1. The van der Waals surface area contributed by atoms with E-state index in [1.165, 1.54) is 6.07 Å². The number of hydrogen-bond acceptors (Lipinski definition) is 2. The van der Waals surface area contributed by atoms with Crippen molar-refractivity contribution in [3.8, 4) is 0 Å². The van der Waals surface area contributed by atoms with Gasteiger partial charge in [0.1, 0.15) is 11.6 Å². The Labute approximate surface area is 115 Å². The molecule has 0 bridgehead atoms. The monoisotopic (exact) mass is 279 g/mol. The molecule has 0 N–H and O–H groups in total. The Balaban J connectivity index is 2.20. The Bertz CT molecular complexity index is 598. The van der Waals surface area contributed by atoms with Crippen molar-refractivity contribution in [2.45, 2.75) is 33.2 Å². The summed E-state index contributed by atoms with van der Waals surface area (Å²) in [6.07, 6.45) is 0.157. The molecular weight excluding hydrogens is 264 g/mol. The second kappa shape index (κ2) is 5.15. The van der Waals surface area contributed by atoms with Crippen LogP contribution in [0.2, 0.25) is 0 Å². The number of amides is 2. The summed E-state index contributed by atoms with van der Waals surface area (Å²) in [5.41, 5.74) is 1.12. The maximum atomic E-state index is 13.6. The highest BCUT2D eigenvalue weighted by Crippen LogP contribution is 2.24. The molecule has 1 unspecified atom stereocenters. The second-order valence-corrected chi connectivity index (χ2v) is 5.02. The van der Waals surface area contributed by atoms with Gasteiger partial charge in [-0.25, -0.2) is 8.78 Å². The first-order valence-corrected chi connectivity index (χ1v) is 6.32. The summed E-state index contributed by atoms with van der Waals surface area (Å²) in [6, 6.07) is 2.81. The molecule has 2 rings (SSSR count). The minimum absolute atomic E-state index is 0.157. The van der Waals surface area contributed by atoms with Crippen molar-refractivity contribution < 1.29 is 18.4 Å². The summed E-state index contributed by atoms with van der Waals surface area (Å²) in [7, 11) is 0. The van der Waals surface area contributed by atoms with Crippen LogP contribution in [0.1, 0.15) is 26.3 Å². The van der Waals surface area contributed by atoms with Gasteiger partial charge < -0.3 is 0 Å². The lowest BCUT2D eigenvalue weighted by molar-refractivity contribution is -0.139. The molecule has 1 aromatic carbocycles. The van der Waals surface area contributed by atoms with Crippen LogP contribution in [-0.2, 0) is 16.0 Å². The topological polar surface area (TPSA) is 37.4 Å². The van der Waals surface area contributed by atoms with E-state index in [4.69, 9.17) is 0 Å². The van der Waals surface area contributed by atoms with Crippen molar-refractivity contribution >= 4 is 11.8 Å². The minimum atomic E-state index is -0.669. The maximum absolute atomic E-state index is 13.6. The average Bonchev–Trinajstić information content (AvgIpc) is 2.57. The number of carbonyl (C=O) groups excluding carboxylic acids is 2. The number of imide groups is 1. The molecule has 1 heterocycles. The minimum Gasteiger partial charge on any atom is -0.272 e. The van der Waals surface area contributed by atoms with Gasteiger partial charge in [0.2, 0.25) is 0 Å². The summed E-state index contributed by atoms with van der Waals surface area (Å²) >= 11 is 0. The maximum Gasteiger partial charge on any atom is 0.257 e. The molecule has 2 amide bonds. The van der Waals surface area contributed by atoms with E-state index in [2.05, 4.69) is 0 Å². The standard InChI is InChI=1S/C15H15F2NO2/c1-8(6-11-4-5-12(16)7-13(11)17)18-14(19)9(2)10(3)15(18)20/h4-5,7-8H,6H2,1-3H3. The summed E-state index contributed by atoms with van der Waals surface area (Å²) in [5, 5.41) is 0. The average molecular weight is 279 g/mol. The lowest BCUT2D eigenvalue weighted by Gasteiger charge is -2.23. The molecule has 1 aromatic rings. The summed E-state index contributed by atoms with van der Waals surface area (Å²) in [6.45, 7) is 4.87. The van der Waals surface area contributed by atoms with E-state index in [0.29, 0.717) is 11.1 Å². The highest BCUT2D eigenvalue weighted by Gasteiger charge is 2.36. The first-order chi connectivity index (χ1) is 9.32. The number of nitrogens with zero attached hydrogens (tertiary/aromatic N) is 1. The van der Waals surface area contributed by atoms with Crippen molar-refractivity contribution in [3.63, 3.8) is 0 Å². The van der Waals surface area contributed by atoms with Crippen molar-refractivity contribution in [1.82, 2.24) is 4.90 Å². The predicted molar refractivity (Wildman–Crippen MR) is 69.8 cm³/mol. The van der Waals surface area contributed by atoms with Gasteiger partial charge in [-0.1, -0.05) is 6.07 Å². The highest BCUT2D eigenvalue weighted by molar-refractivity contribution is 6.18. The van der Waals surface area contributed by atoms with Crippen LogP contribution < -0.4 is 0 Å². The van der Waals surface area contributed by atoms with Gasteiger partial charge in [-0.3, -0.25) is 14.5 Å². The third-order valence-corrected chi connectivity index (χ3v) is 3.61. The number of carbonyl (C=O) groups is 2. The number of benzene rings is 1. The van der Waals surface area contributed by atoms with E-state index in [0.717, 1.165) is 17.0 Å². The molecule has 106 valence electrons. The molecule has 0 aromatic heterocycles. The van der Waals surface area contributed by atoms with Gasteiger partial charge >= 0.3 is 0 Å². The van der Waals surface area contributed by atoms with Crippen LogP contribution in [0.5, 0.6) is 0 Å². The predicted octanol–water partition coefficient (Wildman–Crippen LogP) is 2.60. The molecule has 0 spiro atoms. The van der Waals surface area contributed by atoms with Crippen molar-refractivity contribution in [2.75, 3.05) is 0 Å². The highest BCUT2D eigenvalue weighted by atomic mass is 19.1. The zero-order chi connectivity index (χ0) is 15.0. The number of rotatable bonds is 3. The molecule has 1 aliphatic heterocycles. The zero-order valence-electron chi connectivity index (χ0n) is 11.5. The van der Waals surface area contributed by atoms with Crippen LogP contribution in [-0.4, -0.2) is 22.8 Å². The van der Waals surface area contributed by atoms with Gasteiger partial charge in [0.15, 0.2) is 0 Å². The fraction of sp³-hybridized carbons (Fsp3) is 0.333. The second-order valence-electron chi connectivity index (χ2n) is 5.02. The molecule has 0 saturated heterocycles. The van der Waals surface area contributed by atoms with Gasteiger partial charge in [-0.05, 0) is 38.8 Å². The van der Waals surface area contributed by atoms with Gasteiger partial charge in [-0.2, -0.15) is 0 Å². The van der Waals surface area contributed by atoms with E-state index in [1.807, 2.05) is 0 Å². The fourth-order valence-corrected chi connectivity index (χ4v) is 2.27. The molecule has 1 atom stereocenters. The first kappa shape index (κ1) is 14.4. The quantitative estimate of drug-likeness (QED) is 0.798. The van der Waals surface area contributed by atoms with Crippen molar-refractivity contribution in [3.05, 3.63) is 46.5 Å². The van der Waals surface area contributed by atoms with Crippen LogP contribution in [0, 0.1) is 11.6 Å². The van der Waals surface area contributed by atoms with Gasteiger partial charge in [0.25, 0.3) is 11.8 Å².